The van der Waals surface area contributed by atoms with Crippen LogP contribution in [-0.2, 0) is 16.0 Å². The van der Waals surface area contributed by atoms with Gasteiger partial charge in [0.05, 0.1) is 11.7 Å². The van der Waals surface area contributed by atoms with Gasteiger partial charge in [0.2, 0.25) is 0 Å². The lowest BCUT2D eigenvalue weighted by atomic mass is 9.99. The summed E-state index contributed by atoms with van der Waals surface area (Å²) in [6.45, 7) is 0. The minimum Gasteiger partial charge on any atom is -0.388 e. The number of hydrogen-bond donors (Lipinski definition) is 1. The van der Waals surface area contributed by atoms with Crippen LogP contribution in [0.15, 0.2) is 18.2 Å². The molecule has 114 valence electrons. The molecule has 0 fully saturated rings. The number of aliphatic hydroxyl groups is 1. The van der Waals surface area contributed by atoms with Crippen LogP contribution in [0.3, 0.4) is 0 Å². The predicted octanol–water partition coefficient (Wildman–Crippen LogP) is 2.70. The van der Waals surface area contributed by atoms with E-state index in [2.05, 4.69) is 0 Å². The number of benzene rings is 1. The highest BCUT2D eigenvalue weighted by atomic mass is 32.2. The van der Waals surface area contributed by atoms with Crippen molar-refractivity contribution < 1.29 is 31.1 Å². The van der Waals surface area contributed by atoms with E-state index in [-0.39, 0.29) is 18.6 Å². The van der Waals surface area contributed by atoms with Gasteiger partial charge in [0.1, 0.15) is 15.7 Å². The summed E-state index contributed by atoms with van der Waals surface area (Å²) in [5.74, 6) is -1.14. The molecule has 0 spiro atoms. The average Bonchev–Trinajstić information content (AvgIpc) is 2.25. The van der Waals surface area contributed by atoms with Crippen LogP contribution in [0, 0.1) is 5.82 Å². The Morgan fingerprint density at radius 1 is 1.30 bits per heavy atom. The standard InChI is InChI=1S/C12H14F4O3S/c1-20(18,19)6-2-3-11(17)9-7-8(13)4-5-10(9)12(14,15)16/h4-5,7,11,17H,2-3,6H2,1H3. The Morgan fingerprint density at radius 2 is 1.90 bits per heavy atom. The highest BCUT2D eigenvalue weighted by molar-refractivity contribution is 7.90. The molecule has 1 rings (SSSR count). The Hall–Kier alpha value is -1.15. The summed E-state index contributed by atoms with van der Waals surface area (Å²) in [6, 6.07) is 1.84. The van der Waals surface area contributed by atoms with Gasteiger partial charge < -0.3 is 5.11 Å². The maximum atomic E-state index is 13.0. The summed E-state index contributed by atoms with van der Waals surface area (Å²) in [4.78, 5) is 0. The third-order valence-corrected chi connectivity index (χ3v) is 3.70. The van der Waals surface area contributed by atoms with Gasteiger partial charge in [-0.05, 0) is 36.6 Å². The maximum Gasteiger partial charge on any atom is 0.416 e. The molecule has 0 amide bonds. The van der Waals surface area contributed by atoms with Gasteiger partial charge in [-0.1, -0.05) is 0 Å². The number of aliphatic hydroxyl groups excluding tert-OH is 1. The molecule has 0 aromatic heterocycles. The fraction of sp³-hybridized carbons (Fsp3) is 0.500. The SMILES string of the molecule is CS(=O)(=O)CCCC(O)c1cc(F)ccc1C(F)(F)F. The summed E-state index contributed by atoms with van der Waals surface area (Å²) < 4.78 is 73.0. The van der Waals surface area contributed by atoms with E-state index in [0.29, 0.717) is 18.2 Å². The van der Waals surface area contributed by atoms with Gasteiger partial charge in [0.25, 0.3) is 0 Å². The van der Waals surface area contributed by atoms with Crippen molar-refractivity contribution in [1.29, 1.82) is 0 Å². The molecule has 0 heterocycles. The van der Waals surface area contributed by atoms with Gasteiger partial charge in [-0.15, -0.1) is 0 Å². The molecule has 0 radical (unpaired) electrons. The minimum atomic E-state index is -4.71. The second-order valence-corrected chi connectivity index (χ2v) is 6.78. The van der Waals surface area contributed by atoms with Crippen molar-refractivity contribution >= 4 is 9.84 Å². The second kappa shape index (κ2) is 6.09. The molecule has 1 atom stereocenters. The van der Waals surface area contributed by atoms with Gasteiger partial charge in [0, 0.05) is 12.0 Å². The fourth-order valence-electron chi connectivity index (χ4n) is 1.76. The number of sulfone groups is 1. The van der Waals surface area contributed by atoms with Gasteiger partial charge >= 0.3 is 6.18 Å². The molecule has 8 heteroatoms. The summed E-state index contributed by atoms with van der Waals surface area (Å²) in [5.41, 5.74) is -1.70. The molecule has 0 saturated carbocycles. The van der Waals surface area contributed by atoms with Crippen LogP contribution < -0.4 is 0 Å². The van der Waals surface area contributed by atoms with Crippen LogP contribution in [0.4, 0.5) is 17.6 Å². The van der Waals surface area contributed by atoms with Crippen molar-refractivity contribution in [3.8, 4) is 0 Å². The smallest absolute Gasteiger partial charge is 0.388 e. The fourth-order valence-corrected chi connectivity index (χ4v) is 2.45. The van der Waals surface area contributed by atoms with E-state index in [1.165, 1.54) is 0 Å². The summed E-state index contributed by atoms with van der Waals surface area (Å²) in [5, 5.41) is 9.72. The van der Waals surface area contributed by atoms with Gasteiger partial charge in [-0.3, -0.25) is 0 Å². The van der Waals surface area contributed by atoms with Crippen molar-refractivity contribution in [2.45, 2.75) is 25.1 Å². The molecule has 0 saturated heterocycles. The number of hydrogen-bond acceptors (Lipinski definition) is 3. The summed E-state index contributed by atoms with van der Waals surface area (Å²) in [7, 11) is -3.26. The van der Waals surface area contributed by atoms with E-state index in [1.807, 2.05) is 0 Å². The summed E-state index contributed by atoms with van der Waals surface area (Å²) in [6.07, 6.45) is -5.49. The van der Waals surface area contributed by atoms with Crippen molar-refractivity contribution in [1.82, 2.24) is 0 Å². The van der Waals surface area contributed by atoms with E-state index in [9.17, 15) is 31.1 Å². The third-order valence-electron chi connectivity index (χ3n) is 2.67. The van der Waals surface area contributed by atoms with Crippen LogP contribution in [0.2, 0.25) is 0 Å². The first-order chi connectivity index (χ1) is 9.00. The first kappa shape index (κ1) is 16.9. The molecular weight excluding hydrogens is 300 g/mol. The molecule has 0 aliphatic rings. The van der Waals surface area contributed by atoms with E-state index in [1.54, 1.807) is 0 Å². The molecular formula is C12H14F4O3S. The van der Waals surface area contributed by atoms with Crippen LogP contribution in [-0.4, -0.2) is 25.5 Å². The van der Waals surface area contributed by atoms with Crippen LogP contribution in [0.5, 0.6) is 0 Å². The van der Waals surface area contributed by atoms with Gasteiger partial charge in [-0.2, -0.15) is 13.2 Å². The lowest BCUT2D eigenvalue weighted by Gasteiger charge is -2.17. The van der Waals surface area contributed by atoms with E-state index >= 15 is 0 Å². The van der Waals surface area contributed by atoms with Gasteiger partial charge in [0.15, 0.2) is 0 Å². The molecule has 1 unspecified atom stereocenters. The highest BCUT2D eigenvalue weighted by Crippen LogP contribution is 2.36. The molecule has 1 aromatic carbocycles. The Bertz CT molecular complexity index is 567. The maximum absolute atomic E-state index is 13.0. The predicted molar refractivity (Wildman–Crippen MR) is 65.3 cm³/mol. The second-order valence-electron chi connectivity index (χ2n) is 4.52. The topological polar surface area (TPSA) is 54.4 Å². The summed E-state index contributed by atoms with van der Waals surface area (Å²) >= 11 is 0. The van der Waals surface area contributed by atoms with E-state index in [0.717, 1.165) is 6.26 Å². The molecule has 1 N–H and O–H groups in total. The monoisotopic (exact) mass is 314 g/mol. The molecule has 0 aliphatic carbocycles. The lowest BCUT2D eigenvalue weighted by molar-refractivity contribution is -0.139. The van der Waals surface area contributed by atoms with E-state index in [4.69, 9.17) is 0 Å². The Balaban J connectivity index is 2.91. The minimum absolute atomic E-state index is 0.00614. The average molecular weight is 314 g/mol. The van der Waals surface area contributed by atoms with Crippen LogP contribution >= 0.6 is 0 Å². The first-order valence-corrected chi connectivity index (χ1v) is 7.79. The van der Waals surface area contributed by atoms with Crippen molar-refractivity contribution in [2.24, 2.45) is 0 Å². The normalized spacial score (nSPS) is 14.3. The van der Waals surface area contributed by atoms with Gasteiger partial charge in [-0.25, -0.2) is 12.8 Å². The third kappa shape index (κ3) is 5.09. The first-order valence-electron chi connectivity index (χ1n) is 5.73. The quantitative estimate of drug-likeness (QED) is 0.850. The largest absolute Gasteiger partial charge is 0.416 e. The number of rotatable bonds is 5. The van der Waals surface area contributed by atoms with Crippen LogP contribution in [0.1, 0.15) is 30.1 Å². The molecule has 0 aliphatic heterocycles. The zero-order valence-electron chi connectivity index (χ0n) is 10.6. The van der Waals surface area contributed by atoms with Crippen molar-refractivity contribution in [3.63, 3.8) is 0 Å². The number of alkyl halides is 3. The molecule has 1 aromatic rings. The Kier molecular flexibility index (Phi) is 5.15. The Morgan fingerprint density at radius 3 is 2.40 bits per heavy atom. The number of halogens is 4. The zero-order valence-corrected chi connectivity index (χ0v) is 11.4. The molecule has 20 heavy (non-hydrogen) atoms. The zero-order chi connectivity index (χ0) is 15.6. The van der Waals surface area contributed by atoms with Crippen LogP contribution in [0.25, 0.3) is 0 Å². The highest BCUT2D eigenvalue weighted by Gasteiger charge is 2.35. The lowest BCUT2D eigenvalue weighted by Crippen LogP contribution is -2.13. The molecule has 3 nitrogen and oxygen atoms in total. The van der Waals surface area contributed by atoms with Crippen molar-refractivity contribution in [3.05, 3.63) is 35.1 Å². The van der Waals surface area contributed by atoms with E-state index < -0.39 is 39.1 Å². The molecule has 0 bridgehead atoms. The Labute approximate surface area is 114 Å². The van der Waals surface area contributed by atoms with Crippen molar-refractivity contribution in [2.75, 3.05) is 12.0 Å².